The van der Waals surface area contributed by atoms with Crippen LogP contribution in [0.5, 0.6) is 0 Å². The van der Waals surface area contributed by atoms with Crippen molar-refractivity contribution in [2.75, 3.05) is 0 Å². The minimum Gasteiger partial charge on any atom is -0.480 e. The molecule has 3 nitrogen and oxygen atoms in total. The molecule has 4 rings (SSSR count). The number of carbonyl (C=O) groups is 1. The summed E-state index contributed by atoms with van der Waals surface area (Å²) in [6.07, 6.45) is 4.08. The number of aliphatic carboxylic acids is 1. The molecule has 4 aliphatic rings. The SMILES string of the molecule is CC12CC3(C)CC(F)(C1)CC([C@H](N)C(=O)O)(C2)C3. The third kappa shape index (κ3) is 1.54. The van der Waals surface area contributed by atoms with Gasteiger partial charge < -0.3 is 10.8 Å². The van der Waals surface area contributed by atoms with Crippen LogP contribution in [0.1, 0.15) is 52.4 Å². The van der Waals surface area contributed by atoms with Crippen LogP contribution in [0.15, 0.2) is 0 Å². The van der Waals surface area contributed by atoms with Gasteiger partial charge in [0.05, 0.1) is 0 Å². The van der Waals surface area contributed by atoms with Gasteiger partial charge >= 0.3 is 5.97 Å². The second-order valence-electron chi connectivity index (χ2n) is 8.01. The number of carboxylic acids is 1. The van der Waals surface area contributed by atoms with Crippen LogP contribution in [0.4, 0.5) is 4.39 Å². The molecule has 4 heteroatoms. The van der Waals surface area contributed by atoms with E-state index in [2.05, 4.69) is 13.8 Å². The summed E-state index contributed by atoms with van der Waals surface area (Å²) in [5.74, 6) is -0.979. The first kappa shape index (κ1) is 12.4. The third-order valence-corrected chi connectivity index (χ3v) is 5.49. The molecule has 0 aromatic heterocycles. The van der Waals surface area contributed by atoms with Crippen LogP contribution in [0, 0.1) is 16.2 Å². The van der Waals surface area contributed by atoms with Crippen LogP contribution >= 0.6 is 0 Å². The Labute approximate surface area is 107 Å². The van der Waals surface area contributed by atoms with Gasteiger partial charge in [0.2, 0.25) is 0 Å². The van der Waals surface area contributed by atoms with Crippen molar-refractivity contribution in [3.63, 3.8) is 0 Å². The molecule has 4 saturated carbocycles. The molecular formula is C14H22FNO2. The molecule has 0 saturated heterocycles. The highest BCUT2D eigenvalue weighted by molar-refractivity contribution is 5.74. The standard InChI is InChI=1S/C14H22FNO2/c1-11-3-12(2)5-13(4-11,9(16)10(17)18)8-14(15,6-11)7-12/h9H,3-8,16H2,1-2H3,(H,17,18)/t9-,11?,12?,13?,14?/m1/s1. The van der Waals surface area contributed by atoms with Crippen molar-refractivity contribution in [1.29, 1.82) is 0 Å². The molecule has 0 aliphatic heterocycles. The molecule has 18 heavy (non-hydrogen) atoms. The second-order valence-corrected chi connectivity index (χ2v) is 8.01. The number of halogens is 1. The van der Waals surface area contributed by atoms with E-state index >= 15 is 0 Å². The third-order valence-electron chi connectivity index (χ3n) is 5.49. The Balaban J connectivity index is 2.06. The zero-order valence-corrected chi connectivity index (χ0v) is 11.1. The molecule has 3 N–H and O–H groups in total. The smallest absolute Gasteiger partial charge is 0.321 e. The lowest BCUT2D eigenvalue weighted by Gasteiger charge is -2.68. The van der Waals surface area contributed by atoms with Gasteiger partial charge in [-0.3, -0.25) is 4.79 Å². The maximum absolute atomic E-state index is 15.0. The Morgan fingerprint density at radius 2 is 1.61 bits per heavy atom. The van der Waals surface area contributed by atoms with Crippen molar-refractivity contribution in [2.24, 2.45) is 22.0 Å². The molecule has 0 aromatic rings. The van der Waals surface area contributed by atoms with E-state index in [4.69, 9.17) is 5.73 Å². The summed E-state index contributed by atoms with van der Waals surface area (Å²) in [6.45, 7) is 4.22. The summed E-state index contributed by atoms with van der Waals surface area (Å²) in [6, 6.07) is -0.924. The van der Waals surface area contributed by atoms with E-state index in [-0.39, 0.29) is 10.8 Å². The summed E-state index contributed by atoms with van der Waals surface area (Å²) in [7, 11) is 0. The maximum Gasteiger partial charge on any atom is 0.321 e. The lowest BCUT2D eigenvalue weighted by Crippen LogP contribution is -2.66. The first-order valence-corrected chi connectivity index (χ1v) is 6.77. The molecular weight excluding hydrogens is 233 g/mol. The van der Waals surface area contributed by atoms with Gasteiger partial charge in [-0.15, -0.1) is 0 Å². The fraction of sp³-hybridized carbons (Fsp3) is 0.929. The Hall–Kier alpha value is -0.640. The van der Waals surface area contributed by atoms with E-state index in [1.54, 1.807) is 0 Å². The summed E-state index contributed by atoms with van der Waals surface area (Å²) in [5.41, 5.74) is 4.08. The highest BCUT2D eigenvalue weighted by Crippen LogP contribution is 2.72. The average Bonchev–Trinajstić information content (AvgIpc) is 2.07. The van der Waals surface area contributed by atoms with Gasteiger partial charge in [-0.1, -0.05) is 13.8 Å². The van der Waals surface area contributed by atoms with Crippen LogP contribution in [0.3, 0.4) is 0 Å². The zero-order valence-electron chi connectivity index (χ0n) is 11.1. The van der Waals surface area contributed by atoms with Crippen LogP contribution in [0.25, 0.3) is 0 Å². The Morgan fingerprint density at radius 3 is 2.00 bits per heavy atom. The minimum absolute atomic E-state index is 0.0642. The Kier molecular flexibility index (Phi) is 2.13. The van der Waals surface area contributed by atoms with Crippen molar-refractivity contribution < 1.29 is 14.3 Å². The molecule has 4 bridgehead atoms. The fourth-order valence-electron chi connectivity index (χ4n) is 6.23. The van der Waals surface area contributed by atoms with Crippen molar-refractivity contribution >= 4 is 5.97 Å². The van der Waals surface area contributed by atoms with Crippen LogP contribution < -0.4 is 5.73 Å². The summed E-state index contributed by atoms with van der Waals surface area (Å²) in [5, 5.41) is 9.25. The molecule has 2 unspecified atom stereocenters. The van der Waals surface area contributed by atoms with E-state index in [9.17, 15) is 14.3 Å². The molecule has 4 aliphatic carbocycles. The molecule has 0 spiro atoms. The van der Waals surface area contributed by atoms with E-state index < -0.39 is 23.1 Å². The topological polar surface area (TPSA) is 63.3 Å². The second kappa shape index (κ2) is 3.09. The lowest BCUT2D eigenvalue weighted by molar-refractivity contribution is -0.206. The van der Waals surface area contributed by atoms with Crippen molar-refractivity contribution in [3.05, 3.63) is 0 Å². The largest absolute Gasteiger partial charge is 0.480 e. The van der Waals surface area contributed by atoms with Crippen molar-refractivity contribution in [2.45, 2.75) is 64.1 Å². The van der Waals surface area contributed by atoms with Crippen LogP contribution in [-0.4, -0.2) is 22.8 Å². The first-order chi connectivity index (χ1) is 8.10. The number of hydrogen-bond donors (Lipinski definition) is 2. The Bertz CT molecular complexity index is 368. The summed E-state index contributed by atoms with van der Waals surface area (Å²) >= 11 is 0. The molecule has 102 valence electrons. The molecule has 0 aromatic carbocycles. The quantitative estimate of drug-likeness (QED) is 0.796. The Morgan fingerprint density at radius 1 is 1.11 bits per heavy atom. The normalized spacial score (nSPS) is 55.6. The van der Waals surface area contributed by atoms with Gasteiger partial charge in [-0.05, 0) is 49.4 Å². The van der Waals surface area contributed by atoms with Gasteiger partial charge in [0.1, 0.15) is 11.7 Å². The van der Waals surface area contributed by atoms with Crippen LogP contribution in [-0.2, 0) is 4.79 Å². The number of carboxylic acid groups (broad SMARTS) is 1. The van der Waals surface area contributed by atoms with Gasteiger partial charge in [0.25, 0.3) is 0 Å². The van der Waals surface area contributed by atoms with Gasteiger partial charge in [0.15, 0.2) is 0 Å². The summed E-state index contributed by atoms with van der Waals surface area (Å²) < 4.78 is 15.0. The number of nitrogens with two attached hydrogens (primary N) is 1. The number of alkyl halides is 1. The number of hydrogen-bond acceptors (Lipinski definition) is 2. The number of rotatable bonds is 2. The zero-order chi connectivity index (χ0) is 13.4. The minimum atomic E-state index is -1.19. The van der Waals surface area contributed by atoms with Crippen molar-refractivity contribution in [3.8, 4) is 0 Å². The fourth-order valence-corrected chi connectivity index (χ4v) is 6.23. The van der Waals surface area contributed by atoms with E-state index in [0.717, 1.165) is 19.3 Å². The van der Waals surface area contributed by atoms with E-state index in [1.165, 1.54) is 0 Å². The average molecular weight is 255 g/mol. The predicted molar refractivity (Wildman–Crippen MR) is 65.8 cm³/mol. The van der Waals surface area contributed by atoms with Gasteiger partial charge in [-0.25, -0.2) is 4.39 Å². The van der Waals surface area contributed by atoms with E-state index in [1.807, 2.05) is 0 Å². The summed E-state index contributed by atoms with van der Waals surface area (Å²) in [4.78, 5) is 11.3. The lowest BCUT2D eigenvalue weighted by atomic mass is 9.38. The van der Waals surface area contributed by atoms with Crippen molar-refractivity contribution in [1.82, 2.24) is 0 Å². The van der Waals surface area contributed by atoms with Gasteiger partial charge in [-0.2, -0.15) is 0 Å². The molecule has 0 heterocycles. The highest BCUT2D eigenvalue weighted by Gasteiger charge is 2.68. The molecule has 0 radical (unpaired) electrons. The van der Waals surface area contributed by atoms with Crippen LogP contribution in [0.2, 0.25) is 0 Å². The maximum atomic E-state index is 15.0. The first-order valence-electron chi connectivity index (χ1n) is 6.77. The predicted octanol–water partition coefficient (Wildman–Crippen LogP) is 2.49. The monoisotopic (exact) mass is 255 g/mol. The molecule has 0 amide bonds. The molecule has 4 fully saturated rings. The highest BCUT2D eigenvalue weighted by atomic mass is 19.1. The molecule has 3 atom stereocenters. The van der Waals surface area contributed by atoms with Gasteiger partial charge in [0, 0.05) is 5.41 Å². The van der Waals surface area contributed by atoms with E-state index in [0.29, 0.717) is 19.3 Å².